The number of carbonyl (C=O) groups is 1. The Balaban J connectivity index is 2.28. The van der Waals surface area contributed by atoms with Crippen molar-refractivity contribution in [1.29, 1.82) is 0 Å². The summed E-state index contributed by atoms with van der Waals surface area (Å²) in [4.78, 5) is 10.7. The summed E-state index contributed by atoms with van der Waals surface area (Å²) in [6, 6.07) is 5.20. The number of hydrogen-bond acceptors (Lipinski definition) is 2. The number of aromatic carboxylic acids is 1. The van der Waals surface area contributed by atoms with Crippen LogP contribution in [0.4, 0.5) is 0 Å². The fraction of sp³-hybridized carbons (Fsp3) is 0.0909. The van der Waals surface area contributed by atoms with E-state index in [0.717, 1.165) is 5.56 Å². The highest BCUT2D eigenvalue weighted by Crippen LogP contribution is 2.24. The minimum Gasteiger partial charge on any atom is -0.478 e. The highest BCUT2D eigenvalue weighted by Gasteiger charge is 2.09. The van der Waals surface area contributed by atoms with Crippen molar-refractivity contribution < 1.29 is 9.90 Å². The molecule has 88 valence electrons. The van der Waals surface area contributed by atoms with Crippen LogP contribution in [-0.2, 0) is 6.54 Å². The summed E-state index contributed by atoms with van der Waals surface area (Å²) in [6.07, 6.45) is 2.72. The lowest BCUT2D eigenvalue weighted by Gasteiger charge is -2.06. The van der Waals surface area contributed by atoms with Gasteiger partial charge in [0.1, 0.15) is 0 Å². The minimum atomic E-state index is -1.01. The molecule has 0 radical (unpaired) electrons. The molecule has 1 N–H and O–H groups in total. The number of benzene rings is 1. The molecule has 0 bridgehead atoms. The second kappa shape index (κ2) is 4.77. The van der Waals surface area contributed by atoms with Gasteiger partial charge in [0.05, 0.1) is 18.3 Å². The number of carboxylic acid groups (broad SMARTS) is 1. The lowest BCUT2D eigenvalue weighted by atomic mass is 10.2. The molecule has 0 fully saturated rings. The second-order valence-corrected chi connectivity index (χ2v) is 4.25. The van der Waals surface area contributed by atoms with Gasteiger partial charge in [-0.05, 0) is 12.1 Å². The Morgan fingerprint density at radius 2 is 2.00 bits per heavy atom. The van der Waals surface area contributed by atoms with Crippen molar-refractivity contribution in [2.75, 3.05) is 0 Å². The Bertz CT molecular complexity index is 546. The van der Waals surface area contributed by atoms with Crippen LogP contribution >= 0.6 is 23.2 Å². The lowest BCUT2D eigenvalue weighted by molar-refractivity contribution is 0.0697. The highest BCUT2D eigenvalue weighted by molar-refractivity contribution is 6.35. The standard InChI is InChI=1S/C11H8Cl2N2O2/c12-9-2-1-3-10(13)8(9)6-15-5-7(4-14-15)11(16)17/h1-5H,6H2,(H,16,17). The predicted octanol–water partition coefficient (Wildman–Crippen LogP) is 2.94. The van der Waals surface area contributed by atoms with E-state index in [1.807, 2.05) is 0 Å². The van der Waals surface area contributed by atoms with Crippen LogP contribution in [0.2, 0.25) is 10.0 Å². The molecular formula is C11H8Cl2N2O2. The largest absolute Gasteiger partial charge is 0.478 e. The topological polar surface area (TPSA) is 55.1 Å². The summed E-state index contributed by atoms with van der Waals surface area (Å²) in [5.74, 6) is -1.01. The average Bonchev–Trinajstić information content (AvgIpc) is 2.72. The van der Waals surface area contributed by atoms with Crippen LogP contribution in [0.25, 0.3) is 0 Å². The Kier molecular flexibility index (Phi) is 3.36. The fourth-order valence-corrected chi connectivity index (χ4v) is 1.92. The van der Waals surface area contributed by atoms with E-state index < -0.39 is 5.97 Å². The third-order valence-electron chi connectivity index (χ3n) is 2.26. The molecule has 0 aliphatic heterocycles. The smallest absolute Gasteiger partial charge is 0.338 e. The SMILES string of the molecule is O=C(O)c1cnn(Cc2c(Cl)cccc2Cl)c1. The number of aromatic nitrogens is 2. The van der Waals surface area contributed by atoms with Gasteiger partial charge in [0, 0.05) is 21.8 Å². The number of halogens is 2. The summed E-state index contributed by atoms with van der Waals surface area (Å²) in [6.45, 7) is 0.339. The van der Waals surface area contributed by atoms with Crippen molar-refractivity contribution in [3.63, 3.8) is 0 Å². The van der Waals surface area contributed by atoms with Crippen LogP contribution in [0.15, 0.2) is 30.6 Å². The quantitative estimate of drug-likeness (QED) is 0.933. The van der Waals surface area contributed by atoms with Crippen LogP contribution in [0.1, 0.15) is 15.9 Å². The average molecular weight is 271 g/mol. The van der Waals surface area contributed by atoms with Gasteiger partial charge in [0.2, 0.25) is 0 Å². The normalized spacial score (nSPS) is 10.5. The molecule has 0 amide bonds. The summed E-state index contributed by atoms with van der Waals surface area (Å²) < 4.78 is 1.48. The van der Waals surface area contributed by atoms with Crippen molar-refractivity contribution in [2.45, 2.75) is 6.54 Å². The first-order valence-corrected chi connectivity index (χ1v) is 5.52. The molecule has 17 heavy (non-hydrogen) atoms. The maximum absolute atomic E-state index is 10.7. The molecule has 0 saturated carbocycles. The van der Waals surface area contributed by atoms with Crippen molar-refractivity contribution in [1.82, 2.24) is 9.78 Å². The van der Waals surface area contributed by atoms with Crippen molar-refractivity contribution in [2.24, 2.45) is 0 Å². The van der Waals surface area contributed by atoms with Gasteiger partial charge in [-0.2, -0.15) is 5.10 Å². The van der Waals surface area contributed by atoms with E-state index in [-0.39, 0.29) is 5.56 Å². The Morgan fingerprint density at radius 1 is 1.35 bits per heavy atom. The van der Waals surface area contributed by atoms with Gasteiger partial charge >= 0.3 is 5.97 Å². The molecule has 0 spiro atoms. The third-order valence-corrected chi connectivity index (χ3v) is 2.97. The maximum atomic E-state index is 10.7. The van der Waals surface area contributed by atoms with Gasteiger partial charge in [-0.1, -0.05) is 29.3 Å². The van der Waals surface area contributed by atoms with Crippen LogP contribution in [0.3, 0.4) is 0 Å². The molecule has 1 aromatic heterocycles. The molecule has 1 aromatic carbocycles. The van der Waals surface area contributed by atoms with Crippen LogP contribution in [-0.4, -0.2) is 20.9 Å². The minimum absolute atomic E-state index is 0.133. The van der Waals surface area contributed by atoms with Gasteiger partial charge in [-0.3, -0.25) is 4.68 Å². The number of nitrogens with zero attached hydrogens (tertiary/aromatic N) is 2. The Morgan fingerprint density at radius 3 is 2.53 bits per heavy atom. The highest BCUT2D eigenvalue weighted by atomic mass is 35.5. The molecular weight excluding hydrogens is 263 g/mol. The zero-order valence-corrected chi connectivity index (χ0v) is 10.1. The van der Waals surface area contributed by atoms with Crippen molar-refractivity contribution >= 4 is 29.2 Å². The molecule has 0 aliphatic rings. The van der Waals surface area contributed by atoms with E-state index in [0.29, 0.717) is 16.6 Å². The van der Waals surface area contributed by atoms with Crippen molar-refractivity contribution in [3.05, 3.63) is 51.8 Å². The zero-order valence-electron chi connectivity index (χ0n) is 8.60. The summed E-state index contributed by atoms with van der Waals surface area (Å²) in [5.41, 5.74) is 0.851. The number of carboxylic acids is 1. The molecule has 1 heterocycles. The molecule has 2 aromatic rings. The van der Waals surface area contributed by atoms with Crippen LogP contribution in [0.5, 0.6) is 0 Å². The van der Waals surface area contributed by atoms with Crippen LogP contribution < -0.4 is 0 Å². The predicted molar refractivity (Wildman–Crippen MR) is 64.8 cm³/mol. The van der Waals surface area contributed by atoms with E-state index >= 15 is 0 Å². The third kappa shape index (κ3) is 2.60. The van der Waals surface area contributed by atoms with E-state index in [2.05, 4.69) is 5.10 Å². The van der Waals surface area contributed by atoms with Gasteiger partial charge in [0.25, 0.3) is 0 Å². The van der Waals surface area contributed by atoms with Crippen LogP contribution in [0, 0.1) is 0 Å². The summed E-state index contributed by atoms with van der Waals surface area (Å²) in [5, 5.41) is 13.8. The fourth-order valence-electron chi connectivity index (χ4n) is 1.41. The van der Waals surface area contributed by atoms with Crippen molar-refractivity contribution in [3.8, 4) is 0 Å². The molecule has 0 atom stereocenters. The van der Waals surface area contributed by atoms with E-state index in [1.54, 1.807) is 18.2 Å². The van der Waals surface area contributed by atoms with Gasteiger partial charge in [-0.25, -0.2) is 4.79 Å². The number of hydrogen-bond donors (Lipinski definition) is 1. The molecule has 0 aliphatic carbocycles. The first kappa shape index (κ1) is 12.0. The summed E-state index contributed by atoms with van der Waals surface area (Å²) >= 11 is 12.0. The molecule has 4 nitrogen and oxygen atoms in total. The van der Waals surface area contributed by atoms with Gasteiger partial charge in [0.15, 0.2) is 0 Å². The monoisotopic (exact) mass is 270 g/mol. The van der Waals surface area contributed by atoms with E-state index in [9.17, 15) is 4.79 Å². The molecule has 0 unspecified atom stereocenters. The van der Waals surface area contributed by atoms with Gasteiger partial charge in [-0.15, -0.1) is 0 Å². The second-order valence-electron chi connectivity index (χ2n) is 3.43. The zero-order chi connectivity index (χ0) is 12.4. The molecule has 6 heteroatoms. The maximum Gasteiger partial charge on any atom is 0.338 e. The van der Waals surface area contributed by atoms with E-state index in [4.69, 9.17) is 28.3 Å². The first-order chi connectivity index (χ1) is 8.08. The number of rotatable bonds is 3. The van der Waals surface area contributed by atoms with Gasteiger partial charge < -0.3 is 5.11 Å². The molecule has 0 saturated heterocycles. The Hall–Kier alpha value is -1.52. The molecule has 2 rings (SSSR count). The van der Waals surface area contributed by atoms with E-state index in [1.165, 1.54) is 17.1 Å². The summed E-state index contributed by atoms with van der Waals surface area (Å²) in [7, 11) is 0. The lowest BCUT2D eigenvalue weighted by Crippen LogP contribution is -2.01. The first-order valence-electron chi connectivity index (χ1n) is 4.76. The Labute approximate surface area is 107 Å².